The lowest BCUT2D eigenvalue weighted by Gasteiger charge is -2.31. The summed E-state index contributed by atoms with van der Waals surface area (Å²) in [6.07, 6.45) is 4.29. The summed E-state index contributed by atoms with van der Waals surface area (Å²) < 4.78 is 5.84. The number of phenols is 1. The summed E-state index contributed by atoms with van der Waals surface area (Å²) in [7, 11) is 0. The Morgan fingerprint density at radius 2 is 1.14 bits per heavy atom. The van der Waals surface area contributed by atoms with Crippen molar-refractivity contribution in [3.63, 3.8) is 0 Å². The molecule has 18 N–H and O–H groups in total. The van der Waals surface area contributed by atoms with Gasteiger partial charge in [-0.05, 0) is 118 Å². The second kappa shape index (κ2) is 47.4. The number of amides is 11. The lowest BCUT2D eigenvalue weighted by molar-refractivity contribution is -0.143. The van der Waals surface area contributed by atoms with Crippen molar-refractivity contribution in [1.29, 1.82) is 0 Å². The van der Waals surface area contributed by atoms with Crippen molar-refractivity contribution < 1.29 is 97.4 Å². The number of aliphatic carboxylic acids is 2. The molecule has 107 heavy (non-hydrogen) atoms. The van der Waals surface area contributed by atoms with E-state index in [0.717, 1.165) is 39.0 Å². The molecule has 0 aromatic heterocycles. The zero-order chi connectivity index (χ0) is 79.3. The van der Waals surface area contributed by atoms with Crippen LogP contribution in [-0.4, -0.2) is 199 Å². The average molecular weight is 1510 g/mol. The monoisotopic (exact) mass is 1500 g/mol. The van der Waals surface area contributed by atoms with Gasteiger partial charge in [-0.3, -0.25) is 62.3 Å². The number of benzene rings is 2. The summed E-state index contributed by atoms with van der Waals surface area (Å²) in [5.74, 6) is -14.6. The SMILES string of the molecule is CCCC1NC(=O)C(CCC(=O)O)NC(=O)C(C(C)O)NC(=O)C(NC(=O)C(CCCN)NC(=O)C(CCC(=O)O)NC(=O)CC(O)CCCCCCCCCCCC(C)C)Cc2ccc(cc2)OC(=O)C(C(C)CC)NC(=O)C(Cc2ccc(O)cc2)NC(=O)C(CCC(N)=O)NC(=O)C2CCCN2C1=O. The third-order valence-corrected chi connectivity index (χ3v) is 19.0. The standard InChI is InChI=1S/C75H116N12O20/c1-7-20-56-74(105)87-40-19-24-59(87)72(103)80-54(33-36-60(77)91)69(100)84-57(41-47-25-29-49(89)30-26-47)70(101)85-64(45(5)8-2)75(106)107-51-31-27-48(28-32-51)42-58(71(102)86-65(46(6)88)73(104)81-55(68(99)82-56)35-38-63(95)96)83-66(97)52(23-18-39-76)79-67(98)53(34-37-62(93)94)78-61(92)43-50(90)22-17-15-13-11-9-10-12-14-16-21-44(3)4/h25-32,44-46,50,52-59,64-65,88-90H,7-24,33-43,76H2,1-6H3,(H2,77,91)(H,78,92)(H,79,98)(H,80,103)(H,81,104)(H,82,99)(H,83,97)(H,84,100)(H,85,101)(H,86,102)(H,93,94)(H,95,96). The van der Waals surface area contributed by atoms with Gasteiger partial charge in [-0.25, -0.2) is 4.79 Å². The predicted octanol–water partition coefficient (Wildman–Crippen LogP) is 2.11. The highest BCUT2D eigenvalue weighted by Crippen LogP contribution is 2.24. The smallest absolute Gasteiger partial charge is 0.334 e. The number of ether oxygens (including phenoxy) is 1. The van der Waals surface area contributed by atoms with Gasteiger partial charge in [-0.2, -0.15) is 0 Å². The summed E-state index contributed by atoms with van der Waals surface area (Å²) in [5.41, 5.74) is 12.1. The number of carbonyl (C=O) groups excluding carboxylic acids is 12. The van der Waals surface area contributed by atoms with Crippen LogP contribution in [0.4, 0.5) is 0 Å². The normalized spacial score (nSPS) is 21.7. The Hall–Kier alpha value is -9.30. The molecular weight excluding hydrogens is 1390 g/mol. The lowest BCUT2D eigenvalue weighted by atomic mass is 9.97. The summed E-state index contributed by atoms with van der Waals surface area (Å²) in [4.78, 5) is 196. The topological polar surface area (TPSA) is 513 Å². The first-order valence-corrected chi connectivity index (χ1v) is 37.7. The van der Waals surface area contributed by atoms with Crippen LogP contribution in [0.2, 0.25) is 0 Å². The number of nitrogens with one attached hydrogen (secondary N) is 9. The van der Waals surface area contributed by atoms with Crippen LogP contribution in [-0.2, 0) is 80.0 Å². The van der Waals surface area contributed by atoms with Gasteiger partial charge in [0, 0.05) is 38.6 Å². The first kappa shape index (κ1) is 90.1. The van der Waals surface area contributed by atoms with Crippen LogP contribution >= 0.6 is 0 Å². The van der Waals surface area contributed by atoms with Crippen LogP contribution in [0.15, 0.2) is 48.5 Å². The third-order valence-electron chi connectivity index (χ3n) is 19.0. The molecule has 0 saturated carbocycles. The fraction of sp³-hybridized carbons (Fsp3) is 0.653. The Balaban J connectivity index is 1.77. The highest BCUT2D eigenvalue weighted by molar-refractivity contribution is 5.99. The molecule has 13 atom stereocenters. The number of carbonyl (C=O) groups is 14. The fourth-order valence-electron chi connectivity index (χ4n) is 12.6. The molecule has 13 unspecified atom stereocenters. The van der Waals surface area contributed by atoms with Gasteiger partial charge in [0.1, 0.15) is 71.9 Å². The van der Waals surface area contributed by atoms with Gasteiger partial charge >= 0.3 is 17.9 Å². The van der Waals surface area contributed by atoms with E-state index < -0.39 is 206 Å². The molecule has 5 rings (SSSR count). The highest BCUT2D eigenvalue weighted by atomic mass is 16.5. The lowest BCUT2D eigenvalue weighted by Crippen LogP contribution is -2.62. The number of carboxylic acid groups (broad SMARTS) is 2. The number of rotatable bonds is 38. The number of nitrogens with zero attached hydrogens (tertiary/aromatic N) is 1. The fourth-order valence-corrected chi connectivity index (χ4v) is 12.6. The molecule has 11 amide bonds. The van der Waals surface area contributed by atoms with Gasteiger partial charge in [-0.1, -0.05) is 136 Å². The van der Waals surface area contributed by atoms with Crippen molar-refractivity contribution in [2.24, 2.45) is 23.3 Å². The summed E-state index contributed by atoms with van der Waals surface area (Å²) in [6, 6.07) is -4.78. The molecule has 0 spiro atoms. The first-order chi connectivity index (χ1) is 50.8. The number of nitrogens with two attached hydrogens (primary N) is 2. The molecule has 596 valence electrons. The molecule has 32 heteroatoms. The third kappa shape index (κ3) is 32.8. The Labute approximate surface area is 625 Å². The molecule has 3 heterocycles. The van der Waals surface area contributed by atoms with E-state index >= 15 is 0 Å². The van der Waals surface area contributed by atoms with Crippen molar-refractivity contribution in [3.05, 3.63) is 59.7 Å². The quantitative estimate of drug-likeness (QED) is 0.0198. The van der Waals surface area contributed by atoms with Crippen LogP contribution in [0.1, 0.15) is 213 Å². The van der Waals surface area contributed by atoms with Crippen molar-refractivity contribution in [3.8, 4) is 11.5 Å². The molecular formula is C75H116N12O20. The second-order valence-electron chi connectivity index (χ2n) is 28.5. The number of phenolic OH excluding ortho intramolecular Hbond substituents is 1. The highest BCUT2D eigenvalue weighted by Gasteiger charge is 2.42. The van der Waals surface area contributed by atoms with Gasteiger partial charge in [0.25, 0.3) is 0 Å². The molecule has 2 aromatic rings. The van der Waals surface area contributed by atoms with E-state index in [1.54, 1.807) is 20.8 Å². The second-order valence-corrected chi connectivity index (χ2v) is 28.5. The van der Waals surface area contributed by atoms with Crippen LogP contribution in [0.3, 0.4) is 0 Å². The molecule has 1 saturated heterocycles. The van der Waals surface area contributed by atoms with Crippen molar-refractivity contribution >= 4 is 82.9 Å². The Bertz CT molecular complexity index is 3270. The van der Waals surface area contributed by atoms with E-state index in [1.807, 2.05) is 0 Å². The van der Waals surface area contributed by atoms with Gasteiger partial charge in [-0.15, -0.1) is 0 Å². The Morgan fingerprint density at radius 3 is 1.71 bits per heavy atom. The Kier molecular flexibility index (Phi) is 39.9. The minimum absolute atomic E-state index is 0.0224. The van der Waals surface area contributed by atoms with Crippen LogP contribution in [0, 0.1) is 11.8 Å². The van der Waals surface area contributed by atoms with Gasteiger partial charge < -0.3 is 94.5 Å². The summed E-state index contributed by atoms with van der Waals surface area (Å²) >= 11 is 0. The number of hydrogen-bond acceptors (Lipinski definition) is 19. The molecule has 32 nitrogen and oxygen atoms in total. The van der Waals surface area contributed by atoms with Crippen molar-refractivity contribution in [1.82, 2.24) is 52.8 Å². The molecule has 1 fully saturated rings. The van der Waals surface area contributed by atoms with Crippen molar-refractivity contribution in [2.75, 3.05) is 13.1 Å². The van der Waals surface area contributed by atoms with E-state index in [2.05, 4.69) is 61.7 Å². The number of carboxylic acids is 2. The molecule has 3 aliphatic rings. The Morgan fingerprint density at radius 1 is 0.589 bits per heavy atom. The van der Waals surface area contributed by atoms with Gasteiger partial charge in [0.05, 0.1) is 18.6 Å². The minimum atomic E-state index is -1.98. The maximum Gasteiger partial charge on any atom is 0.334 e. The maximum atomic E-state index is 14.9. The molecule has 3 aliphatic heterocycles. The van der Waals surface area contributed by atoms with Gasteiger partial charge in [0.2, 0.25) is 65.0 Å². The van der Waals surface area contributed by atoms with Crippen LogP contribution in [0.5, 0.6) is 11.5 Å². The zero-order valence-electron chi connectivity index (χ0n) is 62.7. The number of aliphatic hydroxyl groups is 2. The maximum absolute atomic E-state index is 14.9. The number of hydrogen-bond donors (Lipinski definition) is 16. The molecule has 2 aromatic carbocycles. The van der Waals surface area contributed by atoms with E-state index in [4.69, 9.17) is 16.2 Å². The van der Waals surface area contributed by atoms with E-state index in [-0.39, 0.29) is 81.5 Å². The number of esters is 1. The van der Waals surface area contributed by atoms with Crippen LogP contribution in [0.25, 0.3) is 0 Å². The number of unbranched alkanes of at least 4 members (excludes halogenated alkanes) is 8. The molecule has 2 bridgehead atoms. The number of aromatic hydroxyl groups is 1. The number of fused-ring (bicyclic) bond motifs is 23. The van der Waals surface area contributed by atoms with Gasteiger partial charge in [0.15, 0.2) is 0 Å². The number of primary amides is 1. The van der Waals surface area contributed by atoms with E-state index in [9.17, 15) is 92.7 Å². The zero-order valence-corrected chi connectivity index (χ0v) is 62.7. The van der Waals surface area contributed by atoms with E-state index in [0.29, 0.717) is 30.7 Å². The summed E-state index contributed by atoms with van der Waals surface area (Å²) in [5, 5.41) is 74.6. The molecule has 0 radical (unpaired) electrons. The van der Waals surface area contributed by atoms with Crippen molar-refractivity contribution in [2.45, 2.75) is 288 Å². The van der Waals surface area contributed by atoms with E-state index in [1.165, 1.54) is 79.1 Å². The largest absolute Gasteiger partial charge is 0.508 e. The number of aliphatic hydroxyl groups excluding tert-OH is 2. The first-order valence-electron chi connectivity index (χ1n) is 37.7. The molecule has 0 aliphatic carbocycles. The average Bonchev–Trinajstić information content (AvgIpc) is 1.75. The summed E-state index contributed by atoms with van der Waals surface area (Å²) in [6.45, 7) is 10.5. The van der Waals surface area contributed by atoms with Crippen LogP contribution < -0.4 is 64.1 Å². The predicted molar refractivity (Wildman–Crippen MR) is 392 cm³/mol. The minimum Gasteiger partial charge on any atom is -0.508 e.